The van der Waals surface area contributed by atoms with E-state index >= 15 is 0 Å². The summed E-state index contributed by atoms with van der Waals surface area (Å²) in [4.78, 5) is 27.7. The molecule has 0 unspecified atom stereocenters. The van der Waals surface area contributed by atoms with Crippen molar-refractivity contribution < 1.29 is 23.8 Å². The first-order valence-electron chi connectivity index (χ1n) is 8.39. The standard InChI is InChI=1S/C19H22N2O5S/c1-5-25-18(23)14-11-27-19(20-14)21-17(22)9-7-13-6-8-15(26-12(2)3)16(10-13)24-4/h6-12H,5H2,1-4H3,(H,20,21,22)/b9-7+. The van der Waals surface area contributed by atoms with Gasteiger partial charge in [0.1, 0.15) is 0 Å². The number of amides is 1. The van der Waals surface area contributed by atoms with E-state index in [-0.39, 0.29) is 24.3 Å². The van der Waals surface area contributed by atoms with Gasteiger partial charge in [0.15, 0.2) is 22.3 Å². The molecule has 2 rings (SSSR count). The topological polar surface area (TPSA) is 86.8 Å². The monoisotopic (exact) mass is 390 g/mol. The Balaban J connectivity index is 2.01. The molecule has 0 aliphatic carbocycles. The highest BCUT2D eigenvalue weighted by Crippen LogP contribution is 2.29. The van der Waals surface area contributed by atoms with Crippen LogP contribution in [0, 0.1) is 0 Å². The third-order valence-corrected chi connectivity index (χ3v) is 3.95. The number of carbonyl (C=O) groups is 2. The van der Waals surface area contributed by atoms with E-state index in [1.54, 1.807) is 32.2 Å². The molecule has 0 atom stereocenters. The molecule has 0 spiro atoms. The van der Waals surface area contributed by atoms with Gasteiger partial charge in [0.05, 0.1) is 19.8 Å². The Kier molecular flexibility index (Phi) is 7.36. The van der Waals surface area contributed by atoms with Gasteiger partial charge in [-0.25, -0.2) is 9.78 Å². The number of esters is 1. The number of nitrogens with zero attached hydrogens (tertiary/aromatic N) is 1. The lowest BCUT2D eigenvalue weighted by molar-refractivity contribution is -0.111. The Bertz CT molecular complexity index is 829. The van der Waals surface area contributed by atoms with Crippen LogP contribution < -0.4 is 14.8 Å². The highest BCUT2D eigenvalue weighted by atomic mass is 32.1. The molecule has 0 saturated heterocycles. The minimum Gasteiger partial charge on any atom is -0.493 e. The van der Waals surface area contributed by atoms with Crippen molar-refractivity contribution in [1.82, 2.24) is 4.98 Å². The van der Waals surface area contributed by atoms with Gasteiger partial charge in [0.25, 0.3) is 0 Å². The molecule has 1 aromatic carbocycles. The van der Waals surface area contributed by atoms with Crippen molar-refractivity contribution in [2.45, 2.75) is 26.9 Å². The molecule has 1 N–H and O–H groups in total. The molecule has 0 bridgehead atoms. The summed E-state index contributed by atoms with van der Waals surface area (Å²) in [5.41, 5.74) is 0.955. The summed E-state index contributed by atoms with van der Waals surface area (Å²) in [6, 6.07) is 5.40. The minimum absolute atomic E-state index is 0.0314. The number of thiazole rings is 1. The third kappa shape index (κ3) is 6.10. The second-order valence-electron chi connectivity index (χ2n) is 5.66. The van der Waals surface area contributed by atoms with Crippen molar-refractivity contribution in [2.75, 3.05) is 19.0 Å². The van der Waals surface area contributed by atoms with E-state index in [0.29, 0.717) is 16.6 Å². The molecule has 1 heterocycles. The average molecular weight is 390 g/mol. The molecule has 0 saturated carbocycles. The zero-order valence-electron chi connectivity index (χ0n) is 15.6. The largest absolute Gasteiger partial charge is 0.493 e. The van der Waals surface area contributed by atoms with E-state index in [9.17, 15) is 9.59 Å². The molecule has 0 aliphatic rings. The summed E-state index contributed by atoms with van der Waals surface area (Å²) in [5.74, 6) is 0.357. The number of hydrogen-bond acceptors (Lipinski definition) is 7. The predicted molar refractivity (Wildman–Crippen MR) is 104 cm³/mol. The molecular weight excluding hydrogens is 368 g/mol. The predicted octanol–water partition coefficient (Wildman–Crippen LogP) is 3.77. The highest BCUT2D eigenvalue weighted by molar-refractivity contribution is 7.14. The van der Waals surface area contributed by atoms with Crippen LogP contribution in [0.2, 0.25) is 0 Å². The van der Waals surface area contributed by atoms with Gasteiger partial charge in [0.2, 0.25) is 5.91 Å². The molecule has 8 heteroatoms. The van der Waals surface area contributed by atoms with E-state index < -0.39 is 5.97 Å². The van der Waals surface area contributed by atoms with Gasteiger partial charge >= 0.3 is 5.97 Å². The Morgan fingerprint density at radius 3 is 2.74 bits per heavy atom. The van der Waals surface area contributed by atoms with Gasteiger partial charge in [-0.2, -0.15) is 0 Å². The van der Waals surface area contributed by atoms with E-state index in [2.05, 4.69) is 10.3 Å². The van der Waals surface area contributed by atoms with Crippen LogP contribution in [0.5, 0.6) is 11.5 Å². The van der Waals surface area contributed by atoms with Crippen molar-refractivity contribution in [3.8, 4) is 11.5 Å². The van der Waals surface area contributed by atoms with Crippen molar-refractivity contribution in [3.05, 3.63) is 40.9 Å². The van der Waals surface area contributed by atoms with Gasteiger partial charge in [-0.05, 0) is 44.5 Å². The Morgan fingerprint density at radius 1 is 1.30 bits per heavy atom. The number of hydrogen-bond donors (Lipinski definition) is 1. The quantitative estimate of drug-likeness (QED) is 0.545. The van der Waals surface area contributed by atoms with Crippen LogP contribution in [0.25, 0.3) is 6.08 Å². The van der Waals surface area contributed by atoms with Gasteiger partial charge < -0.3 is 14.2 Å². The van der Waals surface area contributed by atoms with E-state index in [1.807, 2.05) is 19.9 Å². The average Bonchev–Trinajstić information content (AvgIpc) is 3.09. The van der Waals surface area contributed by atoms with Crippen LogP contribution in [-0.2, 0) is 9.53 Å². The van der Waals surface area contributed by atoms with Crippen molar-refractivity contribution in [1.29, 1.82) is 0 Å². The molecule has 1 aromatic heterocycles. The summed E-state index contributed by atoms with van der Waals surface area (Å²) >= 11 is 1.15. The number of methoxy groups -OCH3 is 1. The van der Waals surface area contributed by atoms with Crippen LogP contribution in [0.4, 0.5) is 5.13 Å². The lowest BCUT2D eigenvalue weighted by atomic mass is 10.2. The molecule has 7 nitrogen and oxygen atoms in total. The fourth-order valence-electron chi connectivity index (χ4n) is 2.09. The SMILES string of the molecule is CCOC(=O)c1csc(NC(=O)/C=C/c2ccc(OC(C)C)c(OC)c2)n1. The van der Waals surface area contributed by atoms with Crippen LogP contribution in [0.1, 0.15) is 36.8 Å². The van der Waals surface area contributed by atoms with Gasteiger partial charge in [-0.1, -0.05) is 6.07 Å². The Morgan fingerprint density at radius 2 is 2.07 bits per heavy atom. The Labute approximate surface area is 162 Å². The van der Waals surface area contributed by atoms with Crippen molar-refractivity contribution in [3.63, 3.8) is 0 Å². The smallest absolute Gasteiger partial charge is 0.357 e. The van der Waals surface area contributed by atoms with Crippen LogP contribution >= 0.6 is 11.3 Å². The summed E-state index contributed by atoms with van der Waals surface area (Å²) in [5, 5.41) is 4.48. The number of nitrogens with one attached hydrogen (secondary N) is 1. The lowest BCUT2D eigenvalue weighted by Crippen LogP contribution is -2.09. The maximum Gasteiger partial charge on any atom is 0.357 e. The summed E-state index contributed by atoms with van der Waals surface area (Å²) < 4.78 is 15.8. The van der Waals surface area contributed by atoms with Crippen molar-refractivity contribution in [2.24, 2.45) is 0 Å². The first-order valence-corrected chi connectivity index (χ1v) is 9.27. The Hall–Kier alpha value is -2.87. The number of carbonyl (C=O) groups excluding carboxylic acids is 2. The summed E-state index contributed by atoms with van der Waals surface area (Å²) in [7, 11) is 1.56. The number of anilines is 1. The molecule has 0 aliphatic heterocycles. The van der Waals surface area contributed by atoms with E-state index in [1.165, 1.54) is 11.5 Å². The first kappa shape index (κ1) is 20.4. The molecule has 0 fully saturated rings. The highest BCUT2D eigenvalue weighted by Gasteiger charge is 2.12. The zero-order valence-corrected chi connectivity index (χ0v) is 16.5. The second kappa shape index (κ2) is 9.72. The molecule has 1 amide bonds. The fourth-order valence-corrected chi connectivity index (χ4v) is 2.77. The summed E-state index contributed by atoms with van der Waals surface area (Å²) in [6.45, 7) is 5.85. The molecule has 27 heavy (non-hydrogen) atoms. The summed E-state index contributed by atoms with van der Waals surface area (Å²) in [6.07, 6.45) is 3.06. The van der Waals surface area contributed by atoms with Gasteiger partial charge in [-0.3, -0.25) is 10.1 Å². The second-order valence-corrected chi connectivity index (χ2v) is 6.52. The number of ether oxygens (including phenoxy) is 3. The molecule has 144 valence electrons. The maximum absolute atomic E-state index is 12.1. The first-order chi connectivity index (χ1) is 12.9. The minimum atomic E-state index is -0.513. The number of benzene rings is 1. The van der Waals surface area contributed by atoms with Crippen LogP contribution in [0.3, 0.4) is 0 Å². The van der Waals surface area contributed by atoms with Crippen LogP contribution in [0.15, 0.2) is 29.7 Å². The lowest BCUT2D eigenvalue weighted by Gasteiger charge is -2.13. The third-order valence-electron chi connectivity index (χ3n) is 3.20. The maximum atomic E-state index is 12.1. The van der Waals surface area contributed by atoms with Crippen molar-refractivity contribution >= 4 is 34.4 Å². The van der Waals surface area contributed by atoms with Gasteiger partial charge in [0, 0.05) is 11.5 Å². The van der Waals surface area contributed by atoms with E-state index in [0.717, 1.165) is 16.9 Å². The molecular formula is C19H22N2O5S. The van der Waals surface area contributed by atoms with E-state index in [4.69, 9.17) is 14.2 Å². The molecule has 0 radical (unpaired) electrons. The number of rotatable bonds is 8. The number of aromatic nitrogens is 1. The van der Waals surface area contributed by atoms with Crippen LogP contribution in [-0.4, -0.2) is 36.7 Å². The zero-order chi connectivity index (χ0) is 19.8. The fraction of sp³-hybridized carbons (Fsp3) is 0.316. The normalized spacial score (nSPS) is 10.9. The van der Waals surface area contributed by atoms with Gasteiger partial charge in [-0.15, -0.1) is 11.3 Å². The molecule has 2 aromatic rings.